The van der Waals surface area contributed by atoms with Gasteiger partial charge >= 0.3 is 0 Å². The summed E-state index contributed by atoms with van der Waals surface area (Å²) in [7, 11) is 0. The summed E-state index contributed by atoms with van der Waals surface area (Å²) in [6.07, 6.45) is 0.854. The molecule has 1 atom stereocenters. The van der Waals surface area contributed by atoms with Gasteiger partial charge in [-0.2, -0.15) is 0 Å². The van der Waals surface area contributed by atoms with Crippen LogP contribution in [0.3, 0.4) is 0 Å². The molecule has 1 aromatic rings. The highest BCUT2D eigenvalue weighted by atomic mass is 14.6. The van der Waals surface area contributed by atoms with Crippen LogP contribution in [0.5, 0.6) is 0 Å². The molecule has 11 heavy (non-hydrogen) atoms. The zero-order chi connectivity index (χ0) is 8.27. The van der Waals surface area contributed by atoms with Gasteiger partial charge in [-0.25, -0.2) is 0 Å². The molecule has 1 aromatic carbocycles. The molecule has 0 bridgehead atoms. The van der Waals surface area contributed by atoms with E-state index in [1.165, 1.54) is 0 Å². The topological polar surface area (TPSA) is 52.0 Å². The minimum absolute atomic E-state index is 0.180. The van der Waals surface area contributed by atoms with E-state index in [0.29, 0.717) is 0 Å². The van der Waals surface area contributed by atoms with Crippen LogP contribution in [0, 0.1) is 0 Å². The van der Waals surface area contributed by atoms with Crippen LogP contribution in [0.25, 0.3) is 0 Å². The Hall–Kier alpha value is -1.02. The van der Waals surface area contributed by atoms with Crippen molar-refractivity contribution in [3.8, 4) is 0 Å². The molecule has 0 fully saturated rings. The van der Waals surface area contributed by atoms with Crippen LogP contribution in [0.4, 0.5) is 5.69 Å². The van der Waals surface area contributed by atoms with Crippen LogP contribution < -0.4 is 11.5 Å². The second kappa shape index (κ2) is 3.39. The third-order valence-corrected chi connectivity index (χ3v) is 1.60. The van der Waals surface area contributed by atoms with E-state index in [1.54, 1.807) is 0 Å². The van der Waals surface area contributed by atoms with Gasteiger partial charge in [0.15, 0.2) is 0 Å². The Labute approximate surface area is 67.2 Å². The largest absolute Gasteiger partial charge is 0.399 e. The minimum atomic E-state index is 0.180. The molecule has 0 aliphatic rings. The van der Waals surface area contributed by atoms with Crippen LogP contribution in [-0.4, -0.2) is 6.04 Å². The molecule has 4 N–H and O–H groups in total. The van der Waals surface area contributed by atoms with E-state index < -0.39 is 0 Å². The van der Waals surface area contributed by atoms with Gasteiger partial charge in [0.25, 0.3) is 0 Å². The van der Waals surface area contributed by atoms with Gasteiger partial charge < -0.3 is 11.5 Å². The Bertz CT molecular complexity index is 231. The zero-order valence-electron chi connectivity index (χ0n) is 6.75. The summed E-state index contributed by atoms with van der Waals surface area (Å²) in [5.74, 6) is 0. The SMILES string of the molecule is C[C@@H](N)Cc1ccccc1N. The Balaban J connectivity index is 2.78. The molecule has 0 unspecified atom stereocenters. The summed E-state index contributed by atoms with van der Waals surface area (Å²) in [6, 6.07) is 8.00. The highest BCUT2D eigenvalue weighted by Gasteiger charge is 1.99. The number of benzene rings is 1. The number of hydrogen-bond donors (Lipinski definition) is 2. The van der Waals surface area contributed by atoms with Gasteiger partial charge in [-0.05, 0) is 25.0 Å². The van der Waals surface area contributed by atoms with Crippen LogP contribution in [0.2, 0.25) is 0 Å². The molecule has 2 heteroatoms. The normalized spacial score (nSPS) is 12.9. The second-order valence-corrected chi connectivity index (χ2v) is 2.88. The van der Waals surface area contributed by atoms with Crippen LogP contribution in [0.15, 0.2) is 24.3 Å². The van der Waals surface area contributed by atoms with Gasteiger partial charge in [0, 0.05) is 11.7 Å². The molecule has 0 heterocycles. The highest BCUT2D eigenvalue weighted by Crippen LogP contribution is 2.11. The molecule has 0 amide bonds. The van der Waals surface area contributed by atoms with Gasteiger partial charge in [-0.3, -0.25) is 0 Å². The molecule has 0 saturated heterocycles. The Kier molecular flexibility index (Phi) is 2.49. The first-order chi connectivity index (χ1) is 5.20. The molecular formula is C9H14N2. The molecule has 60 valence electrons. The third kappa shape index (κ3) is 2.24. The fourth-order valence-electron chi connectivity index (χ4n) is 1.07. The lowest BCUT2D eigenvalue weighted by molar-refractivity contribution is 0.739. The van der Waals surface area contributed by atoms with E-state index in [-0.39, 0.29) is 6.04 Å². The molecule has 2 nitrogen and oxygen atoms in total. The zero-order valence-corrected chi connectivity index (χ0v) is 6.75. The second-order valence-electron chi connectivity index (χ2n) is 2.88. The van der Waals surface area contributed by atoms with Gasteiger partial charge in [0.2, 0.25) is 0 Å². The van der Waals surface area contributed by atoms with Crippen molar-refractivity contribution in [3.05, 3.63) is 29.8 Å². The van der Waals surface area contributed by atoms with Crippen LogP contribution >= 0.6 is 0 Å². The van der Waals surface area contributed by atoms with Crippen molar-refractivity contribution in [2.24, 2.45) is 5.73 Å². The van der Waals surface area contributed by atoms with E-state index in [4.69, 9.17) is 11.5 Å². The summed E-state index contributed by atoms with van der Waals surface area (Å²) >= 11 is 0. The number of rotatable bonds is 2. The average Bonchev–Trinajstić information content (AvgIpc) is 1.93. The Morgan fingerprint density at radius 2 is 2.00 bits per heavy atom. The fourth-order valence-corrected chi connectivity index (χ4v) is 1.07. The predicted octanol–water partition coefficient (Wildman–Crippen LogP) is 1.16. The van der Waals surface area contributed by atoms with Crippen molar-refractivity contribution in [2.45, 2.75) is 19.4 Å². The summed E-state index contributed by atoms with van der Waals surface area (Å²) < 4.78 is 0. The van der Waals surface area contributed by atoms with Crippen molar-refractivity contribution in [2.75, 3.05) is 5.73 Å². The first kappa shape index (κ1) is 8.08. The van der Waals surface area contributed by atoms with E-state index >= 15 is 0 Å². The van der Waals surface area contributed by atoms with Crippen molar-refractivity contribution >= 4 is 5.69 Å². The van der Waals surface area contributed by atoms with E-state index in [0.717, 1.165) is 17.7 Å². The number of nitrogens with two attached hydrogens (primary N) is 2. The summed E-state index contributed by atoms with van der Waals surface area (Å²) in [4.78, 5) is 0. The maximum Gasteiger partial charge on any atom is 0.0347 e. The van der Waals surface area contributed by atoms with E-state index in [1.807, 2.05) is 31.2 Å². The number of anilines is 1. The maximum absolute atomic E-state index is 5.71. The summed E-state index contributed by atoms with van der Waals surface area (Å²) in [6.45, 7) is 1.98. The molecule has 0 aromatic heterocycles. The predicted molar refractivity (Wildman–Crippen MR) is 48.2 cm³/mol. The van der Waals surface area contributed by atoms with Crippen molar-refractivity contribution < 1.29 is 0 Å². The summed E-state index contributed by atoms with van der Waals surface area (Å²) in [5.41, 5.74) is 13.3. The van der Waals surface area contributed by atoms with Crippen LogP contribution in [0.1, 0.15) is 12.5 Å². The lowest BCUT2D eigenvalue weighted by Gasteiger charge is -2.06. The smallest absolute Gasteiger partial charge is 0.0347 e. The highest BCUT2D eigenvalue weighted by molar-refractivity contribution is 5.46. The monoisotopic (exact) mass is 150 g/mol. The van der Waals surface area contributed by atoms with E-state index in [9.17, 15) is 0 Å². The number of para-hydroxylation sites is 1. The van der Waals surface area contributed by atoms with Crippen LogP contribution in [-0.2, 0) is 6.42 Å². The van der Waals surface area contributed by atoms with Gasteiger partial charge in [-0.15, -0.1) is 0 Å². The third-order valence-electron chi connectivity index (χ3n) is 1.60. The molecule has 0 radical (unpaired) electrons. The quantitative estimate of drug-likeness (QED) is 0.621. The maximum atomic E-state index is 5.71. The molecule has 0 aliphatic carbocycles. The van der Waals surface area contributed by atoms with E-state index in [2.05, 4.69) is 0 Å². The lowest BCUT2D eigenvalue weighted by atomic mass is 10.1. The van der Waals surface area contributed by atoms with Gasteiger partial charge in [-0.1, -0.05) is 18.2 Å². The molecular weight excluding hydrogens is 136 g/mol. The number of hydrogen-bond acceptors (Lipinski definition) is 2. The molecule has 1 rings (SSSR count). The first-order valence-electron chi connectivity index (χ1n) is 3.79. The minimum Gasteiger partial charge on any atom is -0.399 e. The van der Waals surface area contributed by atoms with Crippen molar-refractivity contribution in [1.82, 2.24) is 0 Å². The summed E-state index contributed by atoms with van der Waals surface area (Å²) in [5, 5.41) is 0. The fraction of sp³-hybridized carbons (Fsp3) is 0.333. The Morgan fingerprint density at radius 1 is 1.36 bits per heavy atom. The van der Waals surface area contributed by atoms with Crippen molar-refractivity contribution in [1.29, 1.82) is 0 Å². The average molecular weight is 150 g/mol. The standard InChI is InChI=1S/C9H14N2/c1-7(10)6-8-4-2-3-5-9(8)11/h2-5,7H,6,10-11H2,1H3/t7-/m1/s1. The molecule has 0 aliphatic heterocycles. The van der Waals surface area contributed by atoms with Gasteiger partial charge in [0.05, 0.1) is 0 Å². The lowest BCUT2D eigenvalue weighted by Crippen LogP contribution is -2.18. The molecule has 0 spiro atoms. The molecule has 0 saturated carbocycles. The van der Waals surface area contributed by atoms with Crippen molar-refractivity contribution in [3.63, 3.8) is 0 Å². The number of nitrogen functional groups attached to an aromatic ring is 1. The van der Waals surface area contributed by atoms with Gasteiger partial charge in [0.1, 0.15) is 0 Å². The first-order valence-corrected chi connectivity index (χ1v) is 3.79. The Morgan fingerprint density at radius 3 is 2.55 bits per heavy atom.